The fraction of sp³-hybridized carbons (Fsp3) is 0.562. The van der Waals surface area contributed by atoms with Gasteiger partial charge in [-0.3, -0.25) is 4.79 Å². The fourth-order valence-electron chi connectivity index (χ4n) is 2.61. The van der Waals surface area contributed by atoms with Crippen molar-refractivity contribution in [3.63, 3.8) is 0 Å². The van der Waals surface area contributed by atoms with E-state index in [1.807, 2.05) is 11.9 Å². The van der Waals surface area contributed by atoms with E-state index >= 15 is 0 Å². The molecule has 0 saturated heterocycles. The predicted octanol–water partition coefficient (Wildman–Crippen LogP) is 3.76. The molecule has 3 nitrogen and oxygen atoms in total. The molecule has 0 heterocycles. The molecule has 0 spiro atoms. The molecule has 1 aromatic carbocycles. The quantitative estimate of drug-likeness (QED) is 0.846. The molecule has 110 valence electrons. The van der Waals surface area contributed by atoms with Gasteiger partial charge in [-0.1, -0.05) is 18.5 Å². The van der Waals surface area contributed by atoms with Crippen LogP contribution in [0.25, 0.3) is 0 Å². The van der Waals surface area contributed by atoms with Gasteiger partial charge in [-0.15, -0.1) is 0 Å². The van der Waals surface area contributed by atoms with Crippen LogP contribution in [0.4, 0.5) is 0 Å². The van der Waals surface area contributed by atoms with Gasteiger partial charge in [-0.2, -0.15) is 0 Å². The topological polar surface area (TPSA) is 29.5 Å². The minimum absolute atomic E-state index is 0.0412. The van der Waals surface area contributed by atoms with E-state index in [4.69, 9.17) is 16.3 Å². The van der Waals surface area contributed by atoms with Crippen molar-refractivity contribution in [2.75, 3.05) is 13.7 Å². The van der Waals surface area contributed by atoms with E-state index in [1.54, 1.807) is 24.3 Å². The molecule has 1 aliphatic carbocycles. The van der Waals surface area contributed by atoms with E-state index in [2.05, 4.69) is 6.92 Å². The smallest absolute Gasteiger partial charge is 0.260 e. The normalized spacial score (nSPS) is 22.4. The zero-order valence-corrected chi connectivity index (χ0v) is 12.9. The molecular formula is C16H22ClNO2. The maximum Gasteiger partial charge on any atom is 0.260 e. The van der Waals surface area contributed by atoms with Gasteiger partial charge in [0.05, 0.1) is 0 Å². The number of hydrogen-bond acceptors (Lipinski definition) is 2. The molecule has 0 aromatic heterocycles. The highest BCUT2D eigenvalue weighted by Gasteiger charge is 2.24. The number of benzene rings is 1. The Morgan fingerprint density at radius 1 is 1.25 bits per heavy atom. The monoisotopic (exact) mass is 295 g/mol. The summed E-state index contributed by atoms with van der Waals surface area (Å²) in [6, 6.07) is 7.43. The highest BCUT2D eigenvalue weighted by atomic mass is 35.5. The third-order valence-corrected chi connectivity index (χ3v) is 4.35. The van der Waals surface area contributed by atoms with Crippen molar-refractivity contribution in [3.8, 4) is 5.75 Å². The molecule has 2 rings (SSSR count). The van der Waals surface area contributed by atoms with Gasteiger partial charge in [0.15, 0.2) is 6.61 Å². The van der Waals surface area contributed by atoms with Crippen molar-refractivity contribution < 1.29 is 9.53 Å². The molecule has 1 aromatic rings. The number of nitrogens with zero attached hydrogens (tertiary/aromatic N) is 1. The number of rotatable bonds is 4. The molecule has 0 bridgehead atoms. The van der Waals surface area contributed by atoms with Crippen LogP contribution >= 0.6 is 11.6 Å². The second-order valence-corrected chi connectivity index (χ2v) is 6.10. The number of halogens is 1. The van der Waals surface area contributed by atoms with Crippen LogP contribution < -0.4 is 4.74 Å². The molecule has 0 radical (unpaired) electrons. The van der Waals surface area contributed by atoms with Crippen LogP contribution in [0.2, 0.25) is 5.02 Å². The summed E-state index contributed by atoms with van der Waals surface area (Å²) in [6.07, 6.45) is 4.62. The Kier molecular flexibility index (Phi) is 5.30. The third-order valence-electron chi connectivity index (χ3n) is 4.10. The maximum absolute atomic E-state index is 12.1. The highest BCUT2D eigenvalue weighted by molar-refractivity contribution is 6.30. The first-order valence-corrected chi connectivity index (χ1v) is 7.58. The van der Waals surface area contributed by atoms with Crippen molar-refractivity contribution in [1.82, 2.24) is 4.90 Å². The van der Waals surface area contributed by atoms with Gasteiger partial charge in [-0.25, -0.2) is 0 Å². The summed E-state index contributed by atoms with van der Waals surface area (Å²) >= 11 is 5.81. The van der Waals surface area contributed by atoms with E-state index < -0.39 is 0 Å². The lowest BCUT2D eigenvalue weighted by Crippen LogP contribution is -2.41. The highest BCUT2D eigenvalue weighted by Crippen LogP contribution is 2.26. The fourth-order valence-corrected chi connectivity index (χ4v) is 2.74. The molecular weight excluding hydrogens is 274 g/mol. The number of carbonyl (C=O) groups excluding carboxylic acids is 1. The Morgan fingerprint density at radius 2 is 1.85 bits per heavy atom. The lowest BCUT2D eigenvalue weighted by Gasteiger charge is -2.33. The van der Waals surface area contributed by atoms with Crippen LogP contribution in [0.3, 0.4) is 0 Å². The Labute approximate surface area is 125 Å². The largest absolute Gasteiger partial charge is 0.484 e. The number of ether oxygens (including phenoxy) is 1. The van der Waals surface area contributed by atoms with Gasteiger partial charge < -0.3 is 9.64 Å². The summed E-state index contributed by atoms with van der Waals surface area (Å²) in [5, 5.41) is 0.664. The van der Waals surface area contributed by atoms with E-state index in [0.717, 1.165) is 18.8 Å². The van der Waals surface area contributed by atoms with Crippen LogP contribution in [0.15, 0.2) is 24.3 Å². The van der Waals surface area contributed by atoms with Gasteiger partial charge >= 0.3 is 0 Å². The Hall–Kier alpha value is -1.22. The molecule has 0 aliphatic heterocycles. The first kappa shape index (κ1) is 15.2. The summed E-state index contributed by atoms with van der Waals surface area (Å²) < 4.78 is 5.51. The standard InChI is InChI=1S/C16H22ClNO2/c1-12-3-7-14(8-4-12)18(2)16(19)11-20-15-9-5-13(17)6-10-15/h5-6,9-10,12,14H,3-4,7-8,11H2,1-2H3. The van der Waals surface area contributed by atoms with E-state index in [9.17, 15) is 4.79 Å². The van der Waals surface area contributed by atoms with Crippen LogP contribution in [-0.4, -0.2) is 30.5 Å². The second-order valence-electron chi connectivity index (χ2n) is 5.66. The van der Waals surface area contributed by atoms with E-state index in [0.29, 0.717) is 16.8 Å². The first-order valence-electron chi connectivity index (χ1n) is 7.20. The van der Waals surface area contributed by atoms with Crippen LogP contribution in [0.1, 0.15) is 32.6 Å². The zero-order chi connectivity index (χ0) is 14.5. The number of carbonyl (C=O) groups is 1. The molecule has 4 heteroatoms. The average molecular weight is 296 g/mol. The van der Waals surface area contributed by atoms with Crippen molar-refractivity contribution >= 4 is 17.5 Å². The lowest BCUT2D eigenvalue weighted by atomic mass is 9.87. The Bertz CT molecular complexity index is 438. The molecule has 0 unspecified atom stereocenters. The average Bonchev–Trinajstić information content (AvgIpc) is 2.46. The zero-order valence-electron chi connectivity index (χ0n) is 12.1. The van der Waals surface area contributed by atoms with Crippen molar-refractivity contribution in [1.29, 1.82) is 0 Å². The number of likely N-dealkylation sites (N-methyl/N-ethyl adjacent to an activating group) is 1. The van der Waals surface area contributed by atoms with Gasteiger partial charge in [0.2, 0.25) is 0 Å². The molecule has 0 N–H and O–H groups in total. The summed E-state index contributed by atoms with van der Waals surface area (Å²) in [5.41, 5.74) is 0. The van der Waals surface area contributed by atoms with Crippen molar-refractivity contribution in [2.45, 2.75) is 38.6 Å². The molecule has 20 heavy (non-hydrogen) atoms. The van der Waals surface area contributed by atoms with E-state index in [-0.39, 0.29) is 12.5 Å². The minimum Gasteiger partial charge on any atom is -0.484 e. The van der Waals surface area contributed by atoms with Crippen LogP contribution in [-0.2, 0) is 4.79 Å². The van der Waals surface area contributed by atoms with Crippen molar-refractivity contribution in [3.05, 3.63) is 29.3 Å². The summed E-state index contributed by atoms with van der Waals surface area (Å²) in [5.74, 6) is 1.51. The predicted molar refractivity (Wildman–Crippen MR) is 81.1 cm³/mol. The second kappa shape index (κ2) is 6.98. The summed E-state index contributed by atoms with van der Waals surface area (Å²) in [7, 11) is 1.88. The van der Waals surface area contributed by atoms with Crippen LogP contribution in [0.5, 0.6) is 5.75 Å². The van der Waals surface area contributed by atoms with Gasteiger partial charge in [0.25, 0.3) is 5.91 Å². The first-order chi connectivity index (χ1) is 9.56. The van der Waals surface area contributed by atoms with Gasteiger partial charge in [0, 0.05) is 18.1 Å². The van der Waals surface area contributed by atoms with Gasteiger partial charge in [-0.05, 0) is 55.9 Å². The Balaban J connectivity index is 1.80. The summed E-state index contributed by atoms with van der Waals surface area (Å²) in [4.78, 5) is 14.0. The molecule has 1 amide bonds. The maximum atomic E-state index is 12.1. The van der Waals surface area contributed by atoms with Crippen molar-refractivity contribution in [2.24, 2.45) is 5.92 Å². The lowest BCUT2D eigenvalue weighted by molar-refractivity contribution is -0.134. The summed E-state index contributed by atoms with van der Waals surface area (Å²) in [6.45, 7) is 2.37. The van der Waals surface area contributed by atoms with E-state index in [1.165, 1.54) is 12.8 Å². The van der Waals surface area contributed by atoms with Gasteiger partial charge in [0.1, 0.15) is 5.75 Å². The minimum atomic E-state index is 0.0412. The molecule has 0 atom stereocenters. The number of amides is 1. The molecule has 1 fully saturated rings. The SMILES string of the molecule is CC1CCC(N(C)C(=O)COc2ccc(Cl)cc2)CC1. The molecule has 1 aliphatic rings. The van der Waals surface area contributed by atoms with Crippen LogP contribution in [0, 0.1) is 5.92 Å². The number of hydrogen-bond donors (Lipinski definition) is 0. The molecule has 1 saturated carbocycles. The third kappa shape index (κ3) is 4.14. The Morgan fingerprint density at radius 3 is 2.45 bits per heavy atom.